The highest BCUT2D eigenvalue weighted by atomic mass is 16.5. The molecule has 1 aliphatic rings. The number of hydrogen-bond donors (Lipinski definition) is 1. The van der Waals surface area contributed by atoms with Crippen LogP contribution in [-0.2, 0) is 22.6 Å². The first-order chi connectivity index (χ1) is 8.95. The van der Waals surface area contributed by atoms with Crippen molar-refractivity contribution < 1.29 is 19.2 Å². The van der Waals surface area contributed by atoms with Gasteiger partial charge in [0, 0.05) is 25.5 Å². The molecule has 0 radical (unpaired) electrons. The molecule has 0 saturated carbocycles. The first-order valence-corrected chi connectivity index (χ1v) is 6.40. The molecule has 2 rings (SSSR count). The Morgan fingerprint density at radius 1 is 1.63 bits per heavy atom. The minimum atomic E-state index is -0.920. The zero-order valence-corrected chi connectivity index (χ0v) is 11.1. The van der Waals surface area contributed by atoms with Crippen LogP contribution in [0.5, 0.6) is 0 Å². The molecular formula is C13H18N2O4. The van der Waals surface area contributed by atoms with Gasteiger partial charge in [-0.2, -0.15) is 0 Å². The minimum Gasteiger partial charge on any atom is -0.481 e. The third-order valence-electron chi connectivity index (χ3n) is 3.13. The molecule has 1 atom stereocenters. The number of aromatic nitrogens is 1. The minimum absolute atomic E-state index is 0.0754. The van der Waals surface area contributed by atoms with Crippen molar-refractivity contribution in [1.82, 2.24) is 10.1 Å². The van der Waals surface area contributed by atoms with Crippen molar-refractivity contribution in [2.45, 2.75) is 33.2 Å². The van der Waals surface area contributed by atoms with E-state index in [-0.39, 0.29) is 18.9 Å². The molecule has 19 heavy (non-hydrogen) atoms. The van der Waals surface area contributed by atoms with E-state index in [0.29, 0.717) is 18.2 Å². The standard InChI is InChI=1S/C13H18N2O4/c1-8(2)3-11-5-10(14-19-11)7-15-6-9(13(17)18)4-12(15)16/h5,8-9H,3-4,6-7H2,1-2H3,(H,17,18)/t9-/m0/s1. The number of carboxylic acid groups (broad SMARTS) is 1. The number of carbonyl (C=O) groups excluding carboxylic acids is 1. The van der Waals surface area contributed by atoms with Crippen molar-refractivity contribution in [2.24, 2.45) is 11.8 Å². The summed E-state index contributed by atoms with van der Waals surface area (Å²) in [5.74, 6) is -0.385. The summed E-state index contributed by atoms with van der Waals surface area (Å²) in [6, 6.07) is 1.83. The van der Waals surface area contributed by atoms with Crippen LogP contribution in [-0.4, -0.2) is 33.6 Å². The third kappa shape index (κ3) is 3.33. The lowest BCUT2D eigenvalue weighted by atomic mass is 10.1. The summed E-state index contributed by atoms with van der Waals surface area (Å²) >= 11 is 0. The van der Waals surface area contributed by atoms with Gasteiger partial charge in [-0.1, -0.05) is 19.0 Å². The number of aliphatic carboxylic acids is 1. The van der Waals surface area contributed by atoms with Crippen molar-refractivity contribution in [3.8, 4) is 0 Å². The maximum Gasteiger partial charge on any atom is 0.308 e. The van der Waals surface area contributed by atoms with Gasteiger partial charge in [0.15, 0.2) is 0 Å². The van der Waals surface area contributed by atoms with Gasteiger partial charge in [0.05, 0.1) is 12.5 Å². The monoisotopic (exact) mass is 266 g/mol. The van der Waals surface area contributed by atoms with Crippen LogP contribution in [0.1, 0.15) is 31.7 Å². The maximum absolute atomic E-state index is 11.7. The summed E-state index contributed by atoms with van der Waals surface area (Å²) < 4.78 is 5.19. The van der Waals surface area contributed by atoms with Crippen molar-refractivity contribution in [1.29, 1.82) is 0 Å². The Morgan fingerprint density at radius 3 is 2.95 bits per heavy atom. The lowest BCUT2D eigenvalue weighted by Crippen LogP contribution is -2.25. The first-order valence-electron chi connectivity index (χ1n) is 6.40. The SMILES string of the molecule is CC(C)Cc1cc(CN2C[C@@H](C(=O)O)CC2=O)no1. The van der Waals surface area contributed by atoms with Crippen molar-refractivity contribution in [2.75, 3.05) is 6.54 Å². The Labute approximate surface area is 111 Å². The van der Waals surface area contributed by atoms with Crippen LogP contribution in [0.2, 0.25) is 0 Å². The second-order valence-corrected chi connectivity index (χ2v) is 5.40. The summed E-state index contributed by atoms with van der Waals surface area (Å²) in [6.45, 7) is 4.75. The Bertz CT molecular complexity index is 481. The molecule has 0 unspecified atom stereocenters. The predicted octanol–water partition coefficient (Wildman–Crippen LogP) is 1.31. The number of carboxylic acids is 1. The van der Waals surface area contributed by atoms with Crippen molar-refractivity contribution >= 4 is 11.9 Å². The van der Waals surface area contributed by atoms with Gasteiger partial charge in [0.1, 0.15) is 11.5 Å². The zero-order valence-electron chi connectivity index (χ0n) is 11.1. The molecule has 0 bridgehead atoms. The summed E-state index contributed by atoms with van der Waals surface area (Å²) in [5.41, 5.74) is 0.676. The molecule has 2 heterocycles. The molecule has 1 aromatic rings. The van der Waals surface area contributed by atoms with Gasteiger partial charge >= 0.3 is 5.97 Å². The van der Waals surface area contributed by atoms with E-state index in [1.165, 1.54) is 4.90 Å². The van der Waals surface area contributed by atoms with Crippen LogP contribution in [0.3, 0.4) is 0 Å². The zero-order chi connectivity index (χ0) is 14.0. The number of carbonyl (C=O) groups is 2. The summed E-state index contributed by atoms with van der Waals surface area (Å²) in [6.07, 6.45) is 0.880. The molecule has 1 amide bonds. The molecule has 104 valence electrons. The van der Waals surface area contributed by atoms with E-state index < -0.39 is 11.9 Å². The van der Waals surface area contributed by atoms with Gasteiger partial charge < -0.3 is 14.5 Å². The molecule has 1 fully saturated rings. The topological polar surface area (TPSA) is 83.6 Å². The van der Waals surface area contributed by atoms with Crippen LogP contribution < -0.4 is 0 Å². The van der Waals surface area contributed by atoms with Gasteiger partial charge in [-0.25, -0.2) is 0 Å². The van der Waals surface area contributed by atoms with Gasteiger partial charge in [-0.05, 0) is 5.92 Å². The van der Waals surface area contributed by atoms with E-state index in [2.05, 4.69) is 19.0 Å². The number of nitrogens with zero attached hydrogens (tertiary/aromatic N) is 2. The molecule has 0 spiro atoms. The fourth-order valence-electron chi connectivity index (χ4n) is 2.21. The summed E-state index contributed by atoms with van der Waals surface area (Å²) in [5, 5.41) is 12.8. The number of likely N-dealkylation sites (tertiary alicyclic amines) is 1. The van der Waals surface area contributed by atoms with Gasteiger partial charge in [-0.3, -0.25) is 9.59 Å². The maximum atomic E-state index is 11.7. The molecule has 1 saturated heterocycles. The molecule has 1 aliphatic heterocycles. The van der Waals surface area contributed by atoms with E-state index in [1.54, 1.807) is 0 Å². The molecular weight excluding hydrogens is 248 g/mol. The highest BCUT2D eigenvalue weighted by Gasteiger charge is 2.34. The third-order valence-corrected chi connectivity index (χ3v) is 3.13. The molecule has 6 heteroatoms. The second kappa shape index (κ2) is 5.42. The Hall–Kier alpha value is -1.85. The molecule has 6 nitrogen and oxygen atoms in total. The highest BCUT2D eigenvalue weighted by Crippen LogP contribution is 2.20. The van der Waals surface area contributed by atoms with E-state index in [0.717, 1.165) is 12.2 Å². The van der Waals surface area contributed by atoms with Crippen LogP contribution in [0.15, 0.2) is 10.6 Å². The first kappa shape index (κ1) is 13.6. The normalized spacial score (nSPS) is 19.4. The van der Waals surface area contributed by atoms with Gasteiger partial charge in [0.25, 0.3) is 0 Å². The fraction of sp³-hybridized carbons (Fsp3) is 0.615. The Kier molecular flexibility index (Phi) is 3.87. The van der Waals surface area contributed by atoms with Gasteiger partial charge in [-0.15, -0.1) is 0 Å². The number of rotatable bonds is 5. The van der Waals surface area contributed by atoms with Crippen molar-refractivity contribution in [3.05, 3.63) is 17.5 Å². The highest BCUT2D eigenvalue weighted by molar-refractivity contribution is 5.86. The number of amides is 1. The van der Waals surface area contributed by atoms with Crippen molar-refractivity contribution in [3.63, 3.8) is 0 Å². The fourth-order valence-corrected chi connectivity index (χ4v) is 2.21. The summed E-state index contributed by atoms with van der Waals surface area (Å²) in [4.78, 5) is 24.1. The predicted molar refractivity (Wildman–Crippen MR) is 66.2 cm³/mol. The summed E-state index contributed by atoms with van der Waals surface area (Å²) in [7, 11) is 0. The average Bonchev–Trinajstić information content (AvgIpc) is 2.87. The molecule has 1 aromatic heterocycles. The lowest BCUT2D eigenvalue weighted by Gasteiger charge is -2.13. The Morgan fingerprint density at radius 2 is 2.37 bits per heavy atom. The van der Waals surface area contributed by atoms with Crippen LogP contribution >= 0.6 is 0 Å². The quantitative estimate of drug-likeness (QED) is 0.868. The van der Waals surface area contributed by atoms with Crippen LogP contribution in [0, 0.1) is 11.8 Å². The lowest BCUT2D eigenvalue weighted by molar-refractivity contribution is -0.141. The second-order valence-electron chi connectivity index (χ2n) is 5.40. The Balaban J connectivity index is 1.96. The van der Waals surface area contributed by atoms with Crippen LogP contribution in [0.4, 0.5) is 0 Å². The average molecular weight is 266 g/mol. The smallest absolute Gasteiger partial charge is 0.308 e. The number of hydrogen-bond acceptors (Lipinski definition) is 4. The van der Waals surface area contributed by atoms with E-state index in [4.69, 9.17) is 9.63 Å². The van der Waals surface area contributed by atoms with E-state index in [9.17, 15) is 9.59 Å². The van der Waals surface area contributed by atoms with E-state index in [1.807, 2.05) is 6.07 Å². The largest absolute Gasteiger partial charge is 0.481 e. The van der Waals surface area contributed by atoms with Crippen LogP contribution in [0.25, 0.3) is 0 Å². The molecule has 0 aromatic carbocycles. The van der Waals surface area contributed by atoms with E-state index >= 15 is 0 Å². The molecule has 0 aliphatic carbocycles. The van der Waals surface area contributed by atoms with Gasteiger partial charge in [0.2, 0.25) is 5.91 Å². The molecule has 1 N–H and O–H groups in total.